The lowest BCUT2D eigenvalue weighted by molar-refractivity contribution is -0.140. The number of primary amides is 1. The molecule has 2 aromatic rings. The number of urea groups is 1. The maximum atomic E-state index is 12.8. The van der Waals surface area contributed by atoms with Crippen molar-refractivity contribution in [2.75, 3.05) is 5.32 Å². The number of halogens is 3. The second-order valence-electron chi connectivity index (χ2n) is 4.05. The van der Waals surface area contributed by atoms with Gasteiger partial charge in [-0.1, -0.05) is 41.2 Å². The summed E-state index contributed by atoms with van der Waals surface area (Å²) in [7, 11) is 0. The first-order chi connectivity index (χ1) is 9.27. The SMILES string of the molecule is Cc1ccc(-c2nc(C(F)(F)F)c(NC(N)=O)s2)cc1. The molecule has 0 aliphatic heterocycles. The molecule has 0 atom stereocenters. The number of hydrogen-bond acceptors (Lipinski definition) is 3. The Bertz CT molecular complexity index is 634. The highest BCUT2D eigenvalue weighted by Crippen LogP contribution is 2.40. The second kappa shape index (κ2) is 5.12. The van der Waals surface area contributed by atoms with Gasteiger partial charge in [-0.2, -0.15) is 13.2 Å². The molecule has 106 valence electrons. The van der Waals surface area contributed by atoms with Crippen LogP contribution in [0.5, 0.6) is 0 Å². The summed E-state index contributed by atoms with van der Waals surface area (Å²) in [6.45, 7) is 1.87. The molecule has 0 saturated carbocycles. The highest BCUT2D eigenvalue weighted by Gasteiger charge is 2.38. The first-order valence-corrected chi connectivity index (χ1v) is 6.30. The van der Waals surface area contributed by atoms with Crippen LogP contribution in [-0.2, 0) is 6.18 Å². The van der Waals surface area contributed by atoms with Gasteiger partial charge in [0, 0.05) is 5.56 Å². The Labute approximate surface area is 116 Å². The fraction of sp³-hybridized carbons (Fsp3) is 0.167. The standard InChI is InChI=1S/C12H10F3N3OS/c1-6-2-4-7(5-3-6)9-17-8(12(13,14)15)10(20-9)18-11(16)19/h2-5H,1H3,(H3,16,18,19). The molecule has 0 saturated heterocycles. The summed E-state index contributed by atoms with van der Waals surface area (Å²) in [5, 5.41) is 1.72. The maximum Gasteiger partial charge on any atom is 0.436 e. The molecule has 20 heavy (non-hydrogen) atoms. The van der Waals surface area contributed by atoms with Gasteiger partial charge in [-0.05, 0) is 6.92 Å². The molecule has 2 amide bonds. The zero-order chi connectivity index (χ0) is 14.9. The quantitative estimate of drug-likeness (QED) is 0.889. The van der Waals surface area contributed by atoms with Crippen molar-refractivity contribution in [1.29, 1.82) is 0 Å². The molecule has 0 aliphatic rings. The van der Waals surface area contributed by atoms with Crippen LogP contribution in [0.4, 0.5) is 23.0 Å². The van der Waals surface area contributed by atoms with E-state index < -0.39 is 22.9 Å². The molecule has 2 rings (SSSR count). The Balaban J connectivity index is 2.48. The molecule has 0 aliphatic carbocycles. The molecule has 1 heterocycles. The maximum absolute atomic E-state index is 12.8. The van der Waals surface area contributed by atoms with Crippen LogP contribution in [0.25, 0.3) is 10.6 Å². The number of hydrogen-bond donors (Lipinski definition) is 2. The van der Waals surface area contributed by atoms with Crippen molar-refractivity contribution in [2.45, 2.75) is 13.1 Å². The van der Waals surface area contributed by atoms with E-state index in [-0.39, 0.29) is 5.01 Å². The topological polar surface area (TPSA) is 68.0 Å². The number of nitrogens with zero attached hydrogens (tertiary/aromatic N) is 1. The van der Waals surface area contributed by atoms with Gasteiger partial charge >= 0.3 is 12.2 Å². The molecule has 3 N–H and O–H groups in total. The van der Waals surface area contributed by atoms with Gasteiger partial charge in [-0.3, -0.25) is 5.32 Å². The number of nitrogens with two attached hydrogens (primary N) is 1. The van der Waals surface area contributed by atoms with Crippen molar-refractivity contribution in [3.63, 3.8) is 0 Å². The monoisotopic (exact) mass is 301 g/mol. The van der Waals surface area contributed by atoms with Crippen LogP contribution in [0.15, 0.2) is 24.3 Å². The zero-order valence-electron chi connectivity index (χ0n) is 10.3. The second-order valence-corrected chi connectivity index (χ2v) is 5.05. The smallest absolute Gasteiger partial charge is 0.351 e. The molecular weight excluding hydrogens is 291 g/mol. The van der Waals surface area contributed by atoms with Crippen molar-refractivity contribution in [3.8, 4) is 10.6 Å². The first-order valence-electron chi connectivity index (χ1n) is 5.49. The lowest BCUT2D eigenvalue weighted by Crippen LogP contribution is -2.21. The Morgan fingerprint density at radius 2 is 1.90 bits per heavy atom. The number of aryl methyl sites for hydroxylation is 1. The third-order valence-corrected chi connectivity index (χ3v) is 3.45. The Morgan fingerprint density at radius 3 is 2.40 bits per heavy atom. The third kappa shape index (κ3) is 3.08. The minimum atomic E-state index is -4.66. The number of alkyl halides is 3. The average molecular weight is 301 g/mol. The number of nitrogens with one attached hydrogen (secondary N) is 1. The number of thiazole rings is 1. The number of aromatic nitrogens is 1. The molecule has 4 nitrogen and oxygen atoms in total. The van der Waals surface area contributed by atoms with Crippen LogP contribution in [0.2, 0.25) is 0 Å². The minimum Gasteiger partial charge on any atom is -0.351 e. The summed E-state index contributed by atoms with van der Waals surface area (Å²) in [5.74, 6) is 0. The van der Waals surface area contributed by atoms with Crippen molar-refractivity contribution in [3.05, 3.63) is 35.5 Å². The van der Waals surface area contributed by atoms with Gasteiger partial charge in [-0.25, -0.2) is 9.78 Å². The normalized spacial score (nSPS) is 11.4. The van der Waals surface area contributed by atoms with Gasteiger partial charge in [0.05, 0.1) is 0 Å². The van der Waals surface area contributed by atoms with Crippen LogP contribution < -0.4 is 11.1 Å². The Morgan fingerprint density at radius 1 is 1.30 bits per heavy atom. The summed E-state index contributed by atoms with van der Waals surface area (Å²) in [6, 6.07) is 5.82. The molecular formula is C12H10F3N3OS. The highest BCUT2D eigenvalue weighted by atomic mass is 32.1. The third-order valence-electron chi connectivity index (χ3n) is 2.43. The summed E-state index contributed by atoms with van der Waals surface area (Å²) in [6.07, 6.45) is -4.66. The van der Waals surface area contributed by atoms with Crippen molar-refractivity contribution in [1.82, 2.24) is 4.98 Å². The number of benzene rings is 1. The van der Waals surface area contributed by atoms with Crippen LogP contribution in [0, 0.1) is 6.92 Å². The van der Waals surface area contributed by atoms with Crippen LogP contribution in [0.3, 0.4) is 0 Å². The molecule has 1 aromatic heterocycles. The van der Waals surface area contributed by atoms with Gasteiger partial charge in [0.2, 0.25) is 0 Å². The van der Waals surface area contributed by atoms with Crippen LogP contribution in [0.1, 0.15) is 11.3 Å². The number of rotatable bonds is 2. The van der Waals surface area contributed by atoms with Gasteiger partial charge in [0.25, 0.3) is 0 Å². The first kappa shape index (κ1) is 14.3. The van der Waals surface area contributed by atoms with Crippen LogP contribution in [-0.4, -0.2) is 11.0 Å². The predicted octanol–water partition coefficient (Wildman–Crippen LogP) is 3.63. The van der Waals surface area contributed by atoms with Gasteiger partial charge in [0.1, 0.15) is 10.0 Å². The molecule has 8 heteroatoms. The van der Waals surface area contributed by atoms with E-state index in [2.05, 4.69) is 4.98 Å². The molecule has 0 radical (unpaired) electrons. The highest BCUT2D eigenvalue weighted by molar-refractivity contribution is 7.19. The van der Waals surface area contributed by atoms with Crippen LogP contribution >= 0.6 is 11.3 Å². The summed E-state index contributed by atoms with van der Waals surface area (Å²) >= 11 is 0.731. The number of carbonyl (C=O) groups excluding carboxylic acids is 1. The van der Waals surface area contributed by atoms with Crippen molar-refractivity contribution in [2.24, 2.45) is 5.73 Å². The van der Waals surface area contributed by atoms with Gasteiger partial charge in [-0.15, -0.1) is 0 Å². The van der Waals surface area contributed by atoms with E-state index in [9.17, 15) is 18.0 Å². The minimum absolute atomic E-state index is 0.168. The van der Waals surface area contributed by atoms with Crippen molar-refractivity contribution < 1.29 is 18.0 Å². The zero-order valence-corrected chi connectivity index (χ0v) is 11.1. The molecule has 0 spiro atoms. The lowest BCUT2D eigenvalue weighted by atomic mass is 10.2. The summed E-state index contributed by atoms with van der Waals surface area (Å²) in [5.41, 5.74) is 5.25. The Kier molecular flexibility index (Phi) is 3.67. The predicted molar refractivity (Wildman–Crippen MR) is 70.5 cm³/mol. The fourth-order valence-electron chi connectivity index (χ4n) is 1.53. The number of amides is 2. The number of carbonyl (C=O) groups is 1. The van der Waals surface area contributed by atoms with E-state index in [0.717, 1.165) is 16.9 Å². The lowest BCUT2D eigenvalue weighted by Gasteiger charge is -2.05. The van der Waals surface area contributed by atoms with E-state index in [1.807, 2.05) is 12.2 Å². The van der Waals surface area contributed by atoms with E-state index in [4.69, 9.17) is 5.73 Å². The number of anilines is 1. The summed E-state index contributed by atoms with van der Waals surface area (Å²) in [4.78, 5) is 14.3. The molecule has 0 unspecified atom stereocenters. The van der Waals surface area contributed by atoms with E-state index in [1.165, 1.54) is 0 Å². The fourth-order valence-corrected chi connectivity index (χ4v) is 2.52. The molecule has 0 fully saturated rings. The largest absolute Gasteiger partial charge is 0.436 e. The van der Waals surface area contributed by atoms with E-state index in [1.54, 1.807) is 24.3 Å². The van der Waals surface area contributed by atoms with Gasteiger partial charge < -0.3 is 5.73 Å². The van der Waals surface area contributed by atoms with Crippen molar-refractivity contribution >= 4 is 22.4 Å². The average Bonchev–Trinajstić information content (AvgIpc) is 2.72. The Hall–Kier alpha value is -2.09. The van der Waals surface area contributed by atoms with E-state index in [0.29, 0.717) is 5.56 Å². The molecule has 1 aromatic carbocycles. The van der Waals surface area contributed by atoms with Gasteiger partial charge in [0.15, 0.2) is 5.69 Å². The summed E-state index contributed by atoms with van der Waals surface area (Å²) < 4.78 is 38.5. The van der Waals surface area contributed by atoms with E-state index >= 15 is 0 Å². The molecule has 0 bridgehead atoms.